The van der Waals surface area contributed by atoms with Crippen molar-refractivity contribution >= 4 is 54.7 Å². The van der Waals surface area contributed by atoms with Gasteiger partial charge in [-0.1, -0.05) is 12.1 Å². The fourth-order valence-corrected chi connectivity index (χ4v) is 11.3. The predicted octanol–water partition coefficient (Wildman–Crippen LogP) is 8.78. The molecule has 0 amide bonds. The Kier molecular flexibility index (Phi) is 14.8. The molecule has 0 N–H and O–H groups in total. The molecule has 12 nitrogen and oxygen atoms in total. The molecule has 4 saturated heterocycles. The SMILES string of the molecule is COc1cccc(-c2csc3ncnc(N4CCC(COCCN5CCCC5)CC4)c23)c1.c1cc(-c2csc3ncnc(N4CCC(COCCN5CCCC5)CC4)c23)ccn1. The van der Waals surface area contributed by atoms with Crippen LogP contribution in [0.25, 0.3) is 42.7 Å². The normalized spacial score (nSPS) is 18.2. The molecule has 0 radical (unpaired) electrons. The molecule has 4 aliphatic rings. The van der Waals surface area contributed by atoms with Gasteiger partial charge in [-0.05, 0) is 125 Å². The third-order valence-corrected chi connectivity index (χ3v) is 14.9. The zero-order chi connectivity index (χ0) is 41.9. The molecular weight excluding hydrogens is 815 g/mol. The van der Waals surface area contributed by atoms with Crippen LogP contribution < -0.4 is 14.5 Å². The highest BCUT2D eigenvalue weighted by molar-refractivity contribution is 7.17. The molecule has 328 valence electrons. The Morgan fingerprint density at radius 3 is 1.60 bits per heavy atom. The fraction of sp³-hybridized carbons (Fsp3) is 0.521. The molecule has 0 spiro atoms. The summed E-state index contributed by atoms with van der Waals surface area (Å²) in [7, 11) is 1.71. The monoisotopic (exact) mass is 875 g/mol. The molecule has 1 aromatic carbocycles. The zero-order valence-electron chi connectivity index (χ0n) is 36.2. The molecular formula is C48H61N9O3S2. The van der Waals surface area contributed by atoms with Crippen molar-refractivity contribution in [1.29, 1.82) is 0 Å². The minimum Gasteiger partial charge on any atom is -0.497 e. The maximum Gasteiger partial charge on any atom is 0.141 e. The zero-order valence-corrected chi connectivity index (χ0v) is 37.8. The van der Waals surface area contributed by atoms with Gasteiger partial charge < -0.3 is 33.8 Å². The minimum absolute atomic E-state index is 0.641. The number of likely N-dealkylation sites (tertiary alicyclic amines) is 2. The molecule has 0 atom stereocenters. The highest BCUT2D eigenvalue weighted by Gasteiger charge is 2.26. The first kappa shape index (κ1) is 43.0. The average molecular weight is 876 g/mol. The summed E-state index contributed by atoms with van der Waals surface area (Å²) >= 11 is 3.37. The van der Waals surface area contributed by atoms with E-state index in [0.29, 0.717) is 11.8 Å². The molecule has 4 aliphatic heterocycles. The van der Waals surface area contributed by atoms with Crippen molar-refractivity contribution in [3.63, 3.8) is 0 Å². The molecule has 0 aliphatic carbocycles. The van der Waals surface area contributed by atoms with E-state index in [-0.39, 0.29) is 0 Å². The number of rotatable bonds is 15. The molecule has 4 fully saturated rings. The predicted molar refractivity (Wildman–Crippen MR) is 253 cm³/mol. The fourth-order valence-electron chi connectivity index (χ4n) is 9.47. The average Bonchev–Trinajstić information content (AvgIpc) is 4.19. The van der Waals surface area contributed by atoms with Gasteiger partial charge in [-0.15, -0.1) is 22.7 Å². The van der Waals surface area contributed by atoms with E-state index in [1.807, 2.05) is 24.5 Å². The molecule has 14 heteroatoms. The number of piperidine rings is 2. The van der Waals surface area contributed by atoms with Gasteiger partial charge in [-0.2, -0.15) is 0 Å². The first-order valence-corrected chi connectivity index (χ1v) is 24.6. The van der Waals surface area contributed by atoms with Gasteiger partial charge in [0.25, 0.3) is 0 Å². The van der Waals surface area contributed by atoms with Crippen molar-refractivity contribution in [3.05, 3.63) is 72.2 Å². The summed E-state index contributed by atoms with van der Waals surface area (Å²) in [6, 6.07) is 12.4. The number of benzene rings is 1. The van der Waals surface area contributed by atoms with Crippen molar-refractivity contribution in [3.8, 4) is 28.0 Å². The van der Waals surface area contributed by atoms with Crippen LogP contribution in [0.3, 0.4) is 0 Å². The molecule has 5 aromatic heterocycles. The highest BCUT2D eigenvalue weighted by Crippen LogP contribution is 2.41. The van der Waals surface area contributed by atoms with E-state index in [4.69, 9.17) is 24.2 Å². The van der Waals surface area contributed by atoms with E-state index in [1.54, 1.807) is 42.4 Å². The number of fused-ring (bicyclic) bond motifs is 2. The van der Waals surface area contributed by atoms with Crippen LogP contribution in [0.15, 0.2) is 72.2 Å². The summed E-state index contributed by atoms with van der Waals surface area (Å²) in [6.07, 6.45) is 17.1. The Hall–Kier alpha value is -4.31. The number of aromatic nitrogens is 5. The van der Waals surface area contributed by atoms with E-state index >= 15 is 0 Å². The second-order valence-electron chi connectivity index (χ2n) is 17.1. The molecule has 0 unspecified atom stereocenters. The maximum atomic E-state index is 6.04. The summed E-state index contributed by atoms with van der Waals surface area (Å²) in [4.78, 5) is 34.7. The van der Waals surface area contributed by atoms with Gasteiger partial charge in [0.2, 0.25) is 0 Å². The van der Waals surface area contributed by atoms with Gasteiger partial charge in [0.15, 0.2) is 0 Å². The van der Waals surface area contributed by atoms with Crippen LogP contribution in [0.2, 0.25) is 0 Å². The molecule has 6 aromatic rings. The molecule has 62 heavy (non-hydrogen) atoms. The Bertz CT molecular complexity index is 2300. The van der Waals surface area contributed by atoms with Crippen LogP contribution in [-0.2, 0) is 9.47 Å². The Morgan fingerprint density at radius 1 is 0.597 bits per heavy atom. The third kappa shape index (κ3) is 10.5. The summed E-state index contributed by atoms with van der Waals surface area (Å²) in [5, 5.41) is 6.72. The Balaban J connectivity index is 0.000000158. The number of nitrogens with zero attached hydrogens (tertiary/aromatic N) is 9. The highest BCUT2D eigenvalue weighted by atomic mass is 32.1. The number of thiophene rings is 2. The van der Waals surface area contributed by atoms with Crippen LogP contribution in [0.1, 0.15) is 51.4 Å². The lowest BCUT2D eigenvalue weighted by Gasteiger charge is -2.33. The van der Waals surface area contributed by atoms with Crippen molar-refractivity contribution in [1.82, 2.24) is 34.7 Å². The number of anilines is 2. The summed E-state index contributed by atoms with van der Waals surface area (Å²) in [5.74, 6) is 4.29. The standard InChI is InChI=1S/C25H32N4O2S.C23H29N5OS/c1-30-21-6-4-5-20(15-21)22-17-32-25-23(22)24(26-18-27-25)29-11-7-19(8-12-29)16-31-14-13-28-9-2-3-10-28;1-2-10-27(9-1)13-14-29-15-18-5-11-28(12-6-18)22-21-20(19-3-7-24-8-4-19)16-30-23(21)26-17-25-22/h4-6,15,17-19H,2-3,7-14,16H2,1H3;3-4,7-8,16-18H,1-2,5-6,9-15H2. The summed E-state index contributed by atoms with van der Waals surface area (Å²) in [6.45, 7) is 14.8. The quantitative estimate of drug-likeness (QED) is 0.0922. The lowest BCUT2D eigenvalue weighted by Crippen LogP contribution is -2.36. The molecule has 10 rings (SSSR count). The van der Waals surface area contributed by atoms with Crippen molar-refractivity contribution in [2.24, 2.45) is 11.8 Å². The number of hydrogen-bond acceptors (Lipinski definition) is 14. The summed E-state index contributed by atoms with van der Waals surface area (Å²) in [5.41, 5.74) is 4.72. The van der Waals surface area contributed by atoms with E-state index in [2.05, 4.69) is 69.6 Å². The van der Waals surface area contributed by atoms with Gasteiger partial charge in [-0.25, -0.2) is 19.9 Å². The van der Waals surface area contributed by atoms with Gasteiger partial charge >= 0.3 is 0 Å². The van der Waals surface area contributed by atoms with Crippen LogP contribution in [0, 0.1) is 11.8 Å². The van der Waals surface area contributed by atoms with Crippen LogP contribution in [0.5, 0.6) is 5.75 Å². The van der Waals surface area contributed by atoms with E-state index in [9.17, 15) is 0 Å². The van der Waals surface area contributed by atoms with Gasteiger partial charge in [0, 0.05) is 86.8 Å². The van der Waals surface area contributed by atoms with Crippen LogP contribution >= 0.6 is 22.7 Å². The van der Waals surface area contributed by atoms with E-state index < -0.39 is 0 Å². The molecule has 0 bridgehead atoms. The van der Waals surface area contributed by atoms with Crippen LogP contribution in [0.4, 0.5) is 11.6 Å². The Morgan fingerprint density at radius 2 is 1.10 bits per heavy atom. The lowest BCUT2D eigenvalue weighted by atomic mass is 9.97. The Labute approximate surface area is 374 Å². The van der Waals surface area contributed by atoms with Crippen molar-refractivity contribution in [2.75, 3.05) is 109 Å². The van der Waals surface area contributed by atoms with Crippen molar-refractivity contribution < 1.29 is 14.2 Å². The van der Waals surface area contributed by atoms with E-state index in [0.717, 1.165) is 129 Å². The third-order valence-electron chi connectivity index (χ3n) is 13.1. The number of ether oxygens (including phenoxy) is 3. The second-order valence-corrected chi connectivity index (χ2v) is 18.8. The molecule has 9 heterocycles. The lowest BCUT2D eigenvalue weighted by molar-refractivity contribution is 0.0752. The number of methoxy groups -OCH3 is 1. The smallest absolute Gasteiger partial charge is 0.141 e. The van der Waals surface area contributed by atoms with Gasteiger partial charge in [-0.3, -0.25) is 4.98 Å². The van der Waals surface area contributed by atoms with E-state index in [1.165, 1.54) is 73.9 Å². The molecule has 0 saturated carbocycles. The largest absolute Gasteiger partial charge is 0.497 e. The number of pyridine rings is 1. The summed E-state index contributed by atoms with van der Waals surface area (Å²) < 4.78 is 17.5. The minimum atomic E-state index is 0.641. The van der Waals surface area contributed by atoms with Gasteiger partial charge in [0.05, 0.1) is 31.1 Å². The maximum absolute atomic E-state index is 6.04. The second kappa shape index (κ2) is 21.4. The first-order chi connectivity index (χ1) is 30.7. The van der Waals surface area contributed by atoms with Crippen molar-refractivity contribution in [2.45, 2.75) is 51.4 Å². The topological polar surface area (TPSA) is 105 Å². The number of hydrogen-bond donors (Lipinski definition) is 0. The van der Waals surface area contributed by atoms with Crippen LogP contribution in [-0.4, -0.2) is 134 Å². The first-order valence-electron chi connectivity index (χ1n) is 22.8. The van der Waals surface area contributed by atoms with Gasteiger partial charge in [0.1, 0.15) is 39.7 Å².